The van der Waals surface area contributed by atoms with E-state index in [1.807, 2.05) is 12.1 Å². The third-order valence-electron chi connectivity index (χ3n) is 3.35. The molecule has 130 valence electrons. The normalized spacial score (nSPS) is 10.8. The zero-order valence-electron chi connectivity index (χ0n) is 13.6. The smallest absolute Gasteiger partial charge is 0.264 e. The predicted octanol–water partition coefficient (Wildman–Crippen LogP) is 2.30. The molecule has 1 aromatic heterocycles. The van der Waals surface area contributed by atoms with Gasteiger partial charge < -0.3 is 4.90 Å². The maximum absolute atomic E-state index is 12.8. The molecule has 2 rings (SSSR count). The fourth-order valence-corrected chi connectivity index (χ4v) is 4.13. The molecule has 0 aliphatic rings. The van der Waals surface area contributed by atoms with Crippen molar-refractivity contribution in [3.8, 4) is 12.1 Å². The first kappa shape index (κ1) is 18.8. The lowest BCUT2D eigenvalue weighted by Crippen LogP contribution is -2.18. The van der Waals surface area contributed by atoms with Crippen LogP contribution in [-0.2, 0) is 16.6 Å². The summed E-state index contributed by atoms with van der Waals surface area (Å²) >= 11 is 3.25. The van der Waals surface area contributed by atoms with Gasteiger partial charge in [0.1, 0.15) is 16.5 Å². The number of benzene rings is 1. The Labute approximate surface area is 154 Å². The van der Waals surface area contributed by atoms with Crippen LogP contribution in [0.25, 0.3) is 0 Å². The topological polar surface area (TPSA) is 115 Å². The Kier molecular flexibility index (Phi) is 5.67. The summed E-state index contributed by atoms with van der Waals surface area (Å²) < 4.78 is 29.7. The van der Waals surface area contributed by atoms with Crippen LogP contribution >= 0.6 is 15.9 Å². The molecule has 0 saturated carbocycles. The molecule has 0 atom stereocenters. The van der Waals surface area contributed by atoms with Crippen molar-refractivity contribution in [2.24, 2.45) is 0 Å². The molecule has 0 spiro atoms. The molecule has 10 heteroatoms. The number of aromatic nitrogens is 2. The molecule has 1 aromatic carbocycles. The SMILES string of the molecule is CN(C)c1ccc(Br)c(S(=O)(=O)Nc2c(C#N)cnn2CCC#N)c1. The Balaban J connectivity index is 2.47. The Morgan fingerprint density at radius 2 is 2.08 bits per heavy atom. The number of nitrogens with one attached hydrogen (secondary N) is 1. The van der Waals surface area contributed by atoms with Crippen LogP contribution in [0.3, 0.4) is 0 Å². The molecule has 0 aliphatic heterocycles. The molecule has 0 bridgehead atoms. The molecule has 0 aliphatic carbocycles. The summed E-state index contributed by atoms with van der Waals surface area (Å²) in [6.07, 6.45) is 1.40. The van der Waals surface area contributed by atoms with Crippen molar-refractivity contribution in [1.82, 2.24) is 9.78 Å². The van der Waals surface area contributed by atoms with Crippen LogP contribution in [0.1, 0.15) is 12.0 Å². The minimum Gasteiger partial charge on any atom is -0.378 e. The largest absolute Gasteiger partial charge is 0.378 e. The van der Waals surface area contributed by atoms with Gasteiger partial charge >= 0.3 is 0 Å². The van der Waals surface area contributed by atoms with Crippen LogP contribution in [0.5, 0.6) is 0 Å². The molecule has 1 heterocycles. The molecule has 1 N–H and O–H groups in total. The summed E-state index contributed by atoms with van der Waals surface area (Å²) in [5.74, 6) is 0.0416. The van der Waals surface area contributed by atoms with Gasteiger partial charge in [-0.3, -0.25) is 4.72 Å². The van der Waals surface area contributed by atoms with E-state index in [9.17, 15) is 13.7 Å². The molecular weight excluding hydrogens is 408 g/mol. The van der Waals surface area contributed by atoms with E-state index in [0.717, 1.165) is 0 Å². The summed E-state index contributed by atoms with van der Waals surface area (Å²) in [6.45, 7) is 0.176. The van der Waals surface area contributed by atoms with E-state index in [0.29, 0.717) is 10.2 Å². The van der Waals surface area contributed by atoms with Crippen molar-refractivity contribution in [3.05, 3.63) is 34.4 Å². The van der Waals surface area contributed by atoms with Gasteiger partial charge in [-0.25, -0.2) is 13.1 Å². The molecule has 8 nitrogen and oxygen atoms in total. The molecule has 0 saturated heterocycles. The maximum atomic E-state index is 12.8. The van der Waals surface area contributed by atoms with Gasteiger partial charge in [-0.15, -0.1) is 0 Å². The number of halogens is 1. The van der Waals surface area contributed by atoms with E-state index in [1.165, 1.54) is 16.9 Å². The highest BCUT2D eigenvalue weighted by atomic mass is 79.9. The number of hydrogen-bond donors (Lipinski definition) is 1. The highest BCUT2D eigenvalue weighted by Crippen LogP contribution is 2.29. The lowest BCUT2D eigenvalue weighted by molar-refractivity contribution is 0.597. The first-order valence-electron chi connectivity index (χ1n) is 7.12. The second kappa shape index (κ2) is 7.55. The van der Waals surface area contributed by atoms with Gasteiger partial charge in [0.25, 0.3) is 10.0 Å². The molecule has 2 aromatic rings. The van der Waals surface area contributed by atoms with E-state index >= 15 is 0 Å². The van der Waals surface area contributed by atoms with Gasteiger partial charge in [-0.05, 0) is 34.1 Å². The highest BCUT2D eigenvalue weighted by Gasteiger charge is 2.23. The second-order valence-corrected chi connectivity index (χ2v) is 7.77. The number of aryl methyl sites for hydroxylation is 1. The van der Waals surface area contributed by atoms with Gasteiger partial charge in [0.2, 0.25) is 0 Å². The summed E-state index contributed by atoms with van der Waals surface area (Å²) in [5, 5.41) is 21.9. The number of hydrogen-bond acceptors (Lipinski definition) is 6. The monoisotopic (exact) mass is 422 g/mol. The third kappa shape index (κ3) is 4.10. The van der Waals surface area contributed by atoms with Crippen molar-refractivity contribution in [2.75, 3.05) is 23.7 Å². The lowest BCUT2D eigenvalue weighted by atomic mass is 10.3. The zero-order valence-corrected chi connectivity index (χ0v) is 16.0. The van der Waals surface area contributed by atoms with Crippen LogP contribution in [-0.4, -0.2) is 32.3 Å². The fraction of sp³-hybridized carbons (Fsp3) is 0.267. The van der Waals surface area contributed by atoms with Crippen molar-refractivity contribution < 1.29 is 8.42 Å². The van der Waals surface area contributed by atoms with Gasteiger partial charge in [-0.1, -0.05) is 0 Å². The van der Waals surface area contributed by atoms with Crippen LogP contribution in [0.4, 0.5) is 11.5 Å². The van der Waals surface area contributed by atoms with E-state index in [2.05, 4.69) is 25.8 Å². The molecule has 0 amide bonds. The summed E-state index contributed by atoms with van der Waals surface area (Å²) in [5.41, 5.74) is 0.795. The number of sulfonamides is 1. The Morgan fingerprint density at radius 3 is 2.68 bits per heavy atom. The van der Waals surface area contributed by atoms with Gasteiger partial charge in [0.15, 0.2) is 5.82 Å². The Bertz CT molecular complexity index is 969. The minimum atomic E-state index is -3.97. The standard InChI is InChI=1S/C15H15BrN6O2S/c1-21(2)12-4-5-13(16)14(8-12)25(23,24)20-15-11(9-18)10-19-22(15)7-3-6-17/h4-5,8,10,20H,3,7H2,1-2H3. The van der Waals surface area contributed by atoms with Crippen molar-refractivity contribution in [3.63, 3.8) is 0 Å². The molecule has 0 radical (unpaired) electrons. The first-order chi connectivity index (χ1) is 11.8. The van der Waals surface area contributed by atoms with E-state index in [-0.39, 0.29) is 29.2 Å². The zero-order chi connectivity index (χ0) is 18.6. The maximum Gasteiger partial charge on any atom is 0.264 e. The number of nitrogens with zero attached hydrogens (tertiary/aromatic N) is 5. The Morgan fingerprint density at radius 1 is 1.36 bits per heavy atom. The Hall–Kier alpha value is -2.56. The fourth-order valence-electron chi connectivity index (χ4n) is 2.06. The van der Waals surface area contributed by atoms with E-state index in [1.54, 1.807) is 31.1 Å². The van der Waals surface area contributed by atoms with Gasteiger partial charge in [-0.2, -0.15) is 15.6 Å². The highest BCUT2D eigenvalue weighted by molar-refractivity contribution is 9.10. The lowest BCUT2D eigenvalue weighted by Gasteiger charge is -2.16. The summed E-state index contributed by atoms with van der Waals surface area (Å²) in [7, 11) is -0.362. The van der Waals surface area contributed by atoms with Crippen molar-refractivity contribution in [2.45, 2.75) is 17.9 Å². The second-order valence-electron chi connectivity index (χ2n) is 5.26. The third-order valence-corrected chi connectivity index (χ3v) is 5.68. The number of anilines is 2. The van der Waals surface area contributed by atoms with Crippen molar-refractivity contribution >= 4 is 37.5 Å². The number of rotatable bonds is 6. The molecule has 0 unspecified atom stereocenters. The van der Waals surface area contributed by atoms with Crippen LogP contribution in [0.2, 0.25) is 0 Å². The van der Waals surface area contributed by atoms with E-state index < -0.39 is 10.0 Å². The predicted molar refractivity (Wildman–Crippen MR) is 96.4 cm³/mol. The first-order valence-corrected chi connectivity index (χ1v) is 9.40. The van der Waals surface area contributed by atoms with E-state index in [4.69, 9.17) is 5.26 Å². The van der Waals surface area contributed by atoms with Crippen LogP contribution < -0.4 is 9.62 Å². The molecular formula is C15H15BrN6O2S. The summed E-state index contributed by atoms with van der Waals surface area (Å²) in [6, 6.07) is 8.80. The average molecular weight is 423 g/mol. The van der Waals surface area contributed by atoms with Gasteiger partial charge in [0, 0.05) is 24.3 Å². The number of nitriles is 2. The van der Waals surface area contributed by atoms with Crippen molar-refractivity contribution in [1.29, 1.82) is 10.5 Å². The minimum absolute atomic E-state index is 0.0376. The molecule has 25 heavy (non-hydrogen) atoms. The van der Waals surface area contributed by atoms with Crippen LogP contribution in [0, 0.1) is 22.7 Å². The average Bonchev–Trinajstić information content (AvgIpc) is 2.94. The van der Waals surface area contributed by atoms with Gasteiger partial charge in [0.05, 0.1) is 25.2 Å². The summed E-state index contributed by atoms with van der Waals surface area (Å²) in [4.78, 5) is 1.82. The van der Waals surface area contributed by atoms with Crippen LogP contribution in [0.15, 0.2) is 33.8 Å². The quantitative estimate of drug-likeness (QED) is 0.763. The molecule has 0 fully saturated rings.